The zero-order valence-corrected chi connectivity index (χ0v) is 14.6. The first-order valence-corrected chi connectivity index (χ1v) is 8.66. The predicted octanol–water partition coefficient (Wildman–Crippen LogP) is 2.90. The molecule has 0 radical (unpaired) electrons. The summed E-state index contributed by atoms with van der Waals surface area (Å²) in [4.78, 5) is 28.7. The van der Waals surface area contributed by atoms with E-state index >= 15 is 0 Å². The lowest BCUT2D eigenvalue weighted by Gasteiger charge is -2.04. The van der Waals surface area contributed by atoms with Crippen LogP contribution in [0.15, 0.2) is 46.8 Å². The zero-order chi connectivity index (χ0) is 17.2. The summed E-state index contributed by atoms with van der Waals surface area (Å²) in [6.07, 6.45) is 5.22. The third kappa shape index (κ3) is 6.45. The molecule has 2 aromatic rings. The van der Waals surface area contributed by atoms with E-state index in [1.807, 2.05) is 38.3 Å². The molecule has 6 nitrogen and oxygen atoms in total. The van der Waals surface area contributed by atoms with Gasteiger partial charge in [-0.05, 0) is 24.1 Å². The maximum atomic E-state index is 11.7. The summed E-state index contributed by atoms with van der Waals surface area (Å²) >= 11 is 1.24. The van der Waals surface area contributed by atoms with E-state index < -0.39 is 0 Å². The van der Waals surface area contributed by atoms with Crippen LogP contribution in [-0.4, -0.2) is 46.0 Å². The molecule has 0 aliphatic carbocycles. The summed E-state index contributed by atoms with van der Waals surface area (Å²) < 4.78 is 5.12. The molecule has 126 valence electrons. The van der Waals surface area contributed by atoms with E-state index in [2.05, 4.69) is 19.9 Å². The Morgan fingerprint density at radius 3 is 2.88 bits per heavy atom. The monoisotopic (exact) mass is 344 g/mol. The highest BCUT2D eigenvalue weighted by atomic mass is 32.2. The fourth-order valence-electron chi connectivity index (χ4n) is 1.73. The summed E-state index contributed by atoms with van der Waals surface area (Å²) in [6.45, 7) is 4.87. The highest BCUT2D eigenvalue weighted by Crippen LogP contribution is 2.18. The molecule has 0 fully saturated rings. The Morgan fingerprint density at radius 2 is 2.12 bits per heavy atom. The van der Waals surface area contributed by atoms with Crippen molar-refractivity contribution < 1.29 is 9.53 Å². The van der Waals surface area contributed by atoms with E-state index in [0.717, 1.165) is 11.4 Å². The molecule has 7 heteroatoms. The second-order valence-electron chi connectivity index (χ2n) is 5.25. The molecule has 0 aromatic carbocycles. The Hall–Kier alpha value is -2.28. The van der Waals surface area contributed by atoms with Crippen LogP contribution in [0.1, 0.15) is 13.8 Å². The second-order valence-corrected chi connectivity index (χ2v) is 6.19. The minimum atomic E-state index is -0.299. The van der Waals surface area contributed by atoms with Crippen LogP contribution in [0.4, 0.5) is 0 Å². The number of nitrogens with zero attached hydrogens (tertiary/aromatic N) is 4. The van der Waals surface area contributed by atoms with Crippen LogP contribution < -0.4 is 0 Å². The standard InChI is InChI=1S/C17H20N4O2S/c1-13(2)11-18-9-10-23-16(22)12-24-17-20-8-6-15(21-17)14-5-3-4-7-19-14/h3-8,11,13H,9-10,12H2,1-2H3. The second kappa shape index (κ2) is 9.77. The smallest absolute Gasteiger partial charge is 0.316 e. The van der Waals surface area contributed by atoms with Crippen LogP contribution in [0.2, 0.25) is 0 Å². The van der Waals surface area contributed by atoms with E-state index in [1.54, 1.807) is 18.5 Å². The molecule has 0 atom stereocenters. The van der Waals surface area contributed by atoms with Crippen molar-refractivity contribution >= 4 is 23.9 Å². The van der Waals surface area contributed by atoms with Crippen molar-refractivity contribution in [3.63, 3.8) is 0 Å². The van der Waals surface area contributed by atoms with E-state index in [1.165, 1.54) is 11.8 Å². The number of aliphatic imine (C=N–C) groups is 1. The SMILES string of the molecule is CC(C)C=NCCOC(=O)CSc1nccc(-c2ccccn2)n1. The molecule has 2 aromatic heterocycles. The summed E-state index contributed by atoms with van der Waals surface area (Å²) in [5, 5.41) is 0.521. The number of rotatable bonds is 8. The van der Waals surface area contributed by atoms with Crippen molar-refractivity contribution in [2.45, 2.75) is 19.0 Å². The fourth-order valence-corrected chi connectivity index (χ4v) is 2.36. The Kier molecular flexibility index (Phi) is 7.35. The first-order valence-electron chi connectivity index (χ1n) is 7.68. The topological polar surface area (TPSA) is 77.3 Å². The number of carbonyl (C=O) groups is 1. The molecule has 0 N–H and O–H groups in total. The van der Waals surface area contributed by atoms with Gasteiger partial charge in [0.15, 0.2) is 5.16 Å². The van der Waals surface area contributed by atoms with Gasteiger partial charge in [0, 0.05) is 18.6 Å². The number of ether oxygens (including phenoxy) is 1. The van der Waals surface area contributed by atoms with Crippen LogP contribution in [0, 0.1) is 5.92 Å². The van der Waals surface area contributed by atoms with Crippen molar-refractivity contribution in [2.24, 2.45) is 10.9 Å². The van der Waals surface area contributed by atoms with E-state index in [4.69, 9.17) is 4.74 Å². The molecular formula is C17H20N4O2S. The number of aromatic nitrogens is 3. The molecule has 0 saturated heterocycles. The normalized spacial score (nSPS) is 11.1. The zero-order valence-electron chi connectivity index (χ0n) is 13.8. The predicted molar refractivity (Wildman–Crippen MR) is 95.1 cm³/mol. The van der Waals surface area contributed by atoms with Gasteiger partial charge in [0.05, 0.1) is 23.7 Å². The number of pyridine rings is 1. The summed E-state index contributed by atoms with van der Waals surface area (Å²) in [6, 6.07) is 7.41. The number of thioether (sulfide) groups is 1. The molecular weight excluding hydrogens is 324 g/mol. The summed E-state index contributed by atoms with van der Waals surface area (Å²) in [7, 11) is 0. The molecule has 24 heavy (non-hydrogen) atoms. The van der Waals surface area contributed by atoms with Crippen LogP contribution in [0.25, 0.3) is 11.4 Å². The Morgan fingerprint density at radius 1 is 1.25 bits per heavy atom. The van der Waals surface area contributed by atoms with Crippen LogP contribution in [0.3, 0.4) is 0 Å². The number of esters is 1. The lowest BCUT2D eigenvalue weighted by molar-refractivity contribution is -0.140. The van der Waals surface area contributed by atoms with Gasteiger partial charge >= 0.3 is 5.97 Å². The van der Waals surface area contributed by atoms with Crippen molar-refractivity contribution in [3.05, 3.63) is 36.7 Å². The minimum absolute atomic E-state index is 0.166. The van der Waals surface area contributed by atoms with E-state index in [-0.39, 0.29) is 18.3 Å². The third-order valence-electron chi connectivity index (χ3n) is 2.77. The number of hydrogen-bond acceptors (Lipinski definition) is 7. The van der Waals surface area contributed by atoms with Crippen molar-refractivity contribution in [1.82, 2.24) is 15.0 Å². The molecule has 0 amide bonds. The number of hydrogen-bond donors (Lipinski definition) is 0. The first kappa shape index (κ1) is 18.1. The lowest BCUT2D eigenvalue weighted by Crippen LogP contribution is -2.10. The van der Waals surface area contributed by atoms with Gasteiger partial charge in [-0.3, -0.25) is 14.8 Å². The largest absolute Gasteiger partial charge is 0.463 e. The van der Waals surface area contributed by atoms with Gasteiger partial charge in [-0.2, -0.15) is 0 Å². The Bertz CT molecular complexity index is 677. The van der Waals surface area contributed by atoms with Crippen LogP contribution in [0.5, 0.6) is 0 Å². The highest BCUT2D eigenvalue weighted by Gasteiger charge is 2.08. The number of carbonyl (C=O) groups excluding carboxylic acids is 1. The summed E-state index contributed by atoms with van der Waals surface area (Å²) in [5.74, 6) is 0.269. The maximum Gasteiger partial charge on any atom is 0.316 e. The maximum absolute atomic E-state index is 11.7. The minimum Gasteiger partial charge on any atom is -0.463 e. The Balaban J connectivity index is 1.79. The van der Waals surface area contributed by atoms with Gasteiger partial charge in [0.25, 0.3) is 0 Å². The van der Waals surface area contributed by atoms with Crippen LogP contribution >= 0.6 is 11.8 Å². The van der Waals surface area contributed by atoms with Crippen molar-refractivity contribution in [2.75, 3.05) is 18.9 Å². The highest BCUT2D eigenvalue weighted by molar-refractivity contribution is 7.99. The molecule has 0 unspecified atom stereocenters. The molecule has 2 heterocycles. The van der Waals surface area contributed by atoms with E-state index in [9.17, 15) is 4.79 Å². The average molecular weight is 344 g/mol. The summed E-state index contributed by atoms with van der Waals surface area (Å²) in [5.41, 5.74) is 1.50. The van der Waals surface area contributed by atoms with Crippen LogP contribution in [-0.2, 0) is 9.53 Å². The van der Waals surface area contributed by atoms with Gasteiger partial charge in [-0.1, -0.05) is 31.7 Å². The molecule has 0 bridgehead atoms. The fraction of sp³-hybridized carbons (Fsp3) is 0.353. The van der Waals surface area contributed by atoms with E-state index in [0.29, 0.717) is 17.6 Å². The van der Waals surface area contributed by atoms with Gasteiger partial charge < -0.3 is 4.74 Å². The molecule has 0 saturated carbocycles. The van der Waals surface area contributed by atoms with Crippen molar-refractivity contribution in [1.29, 1.82) is 0 Å². The van der Waals surface area contributed by atoms with Gasteiger partial charge in [0.1, 0.15) is 6.61 Å². The molecule has 0 aliphatic heterocycles. The molecule has 2 rings (SSSR count). The third-order valence-corrected chi connectivity index (χ3v) is 3.60. The van der Waals surface area contributed by atoms with Gasteiger partial charge in [-0.25, -0.2) is 9.97 Å². The molecule has 0 aliphatic rings. The van der Waals surface area contributed by atoms with Gasteiger partial charge in [-0.15, -0.1) is 0 Å². The van der Waals surface area contributed by atoms with Crippen molar-refractivity contribution in [3.8, 4) is 11.4 Å². The van der Waals surface area contributed by atoms with Gasteiger partial charge in [0.2, 0.25) is 0 Å². The Labute approximate surface area is 145 Å². The lowest BCUT2D eigenvalue weighted by atomic mass is 10.2. The average Bonchev–Trinajstić information content (AvgIpc) is 2.60. The first-order chi connectivity index (χ1) is 11.6. The quantitative estimate of drug-likeness (QED) is 0.241. The molecule has 0 spiro atoms.